The van der Waals surface area contributed by atoms with Crippen LogP contribution in [0.5, 0.6) is 0 Å². The summed E-state index contributed by atoms with van der Waals surface area (Å²) in [6.07, 6.45) is -3.09. The van der Waals surface area contributed by atoms with Crippen molar-refractivity contribution in [3.63, 3.8) is 0 Å². The molecule has 1 saturated heterocycles. The first kappa shape index (κ1) is 13.4. The monoisotopic (exact) mass is 278 g/mol. The minimum Gasteiger partial charge on any atom is -0.207 e. The van der Waals surface area contributed by atoms with Crippen molar-refractivity contribution >= 4 is 10.0 Å². The van der Waals surface area contributed by atoms with Crippen molar-refractivity contribution in [3.8, 4) is 0 Å². The van der Waals surface area contributed by atoms with E-state index in [4.69, 9.17) is 0 Å². The summed E-state index contributed by atoms with van der Waals surface area (Å²) < 4.78 is 62.8. The Labute approximate surface area is 103 Å². The fourth-order valence-electron chi connectivity index (χ4n) is 1.84. The normalized spacial score (nSPS) is 18.2. The number of sulfonamides is 1. The van der Waals surface area contributed by atoms with Crippen LogP contribution >= 0.6 is 0 Å². The largest absolute Gasteiger partial charge is 0.416 e. The predicted molar refractivity (Wildman–Crippen MR) is 58.3 cm³/mol. The molecule has 0 spiro atoms. The topological polar surface area (TPSA) is 37.4 Å². The van der Waals surface area contributed by atoms with Gasteiger partial charge in [-0.05, 0) is 37.1 Å². The van der Waals surface area contributed by atoms with E-state index in [1.165, 1.54) is 4.31 Å². The van der Waals surface area contributed by atoms with Crippen LogP contribution in [-0.2, 0) is 16.2 Å². The maximum atomic E-state index is 12.5. The first-order valence-electron chi connectivity index (χ1n) is 5.40. The zero-order chi connectivity index (χ0) is 13.4. The quantitative estimate of drug-likeness (QED) is 0.832. The van der Waals surface area contributed by atoms with Gasteiger partial charge in [-0.2, -0.15) is 17.5 Å². The zero-order valence-electron chi connectivity index (χ0n) is 9.37. The van der Waals surface area contributed by atoms with Crippen LogP contribution in [0.3, 0.4) is 0 Å². The molecular weight excluding hydrogens is 267 g/mol. The minimum absolute atomic E-state index is 0.348. The van der Waals surface area contributed by atoms with Crippen LogP contribution in [0.15, 0.2) is 23.1 Å². The Morgan fingerprint density at radius 1 is 1.17 bits per heavy atom. The number of hydrogen-bond donors (Lipinski definition) is 0. The van der Waals surface area contributed by atoms with Crippen LogP contribution in [0.25, 0.3) is 0 Å². The van der Waals surface area contributed by atoms with Crippen molar-refractivity contribution in [3.05, 3.63) is 29.8 Å². The molecule has 1 aromatic carbocycles. The Kier molecular flexibility index (Phi) is 3.37. The van der Waals surface area contributed by atoms with Crippen LogP contribution in [0.4, 0.5) is 13.2 Å². The lowest BCUT2D eigenvalue weighted by Gasteiger charge is -2.16. The van der Waals surface area contributed by atoms with E-state index in [-0.39, 0.29) is 4.90 Å². The number of halogens is 3. The second-order valence-electron chi connectivity index (χ2n) is 4.07. The molecule has 0 N–H and O–H groups in total. The smallest absolute Gasteiger partial charge is 0.207 e. The van der Waals surface area contributed by atoms with Gasteiger partial charge in [0.15, 0.2) is 0 Å². The molecule has 2 rings (SSSR count). The van der Waals surface area contributed by atoms with Crippen molar-refractivity contribution in [1.82, 2.24) is 4.31 Å². The lowest BCUT2D eigenvalue weighted by Crippen LogP contribution is -2.28. The lowest BCUT2D eigenvalue weighted by molar-refractivity contribution is -0.137. The SMILES string of the molecule is O=S(=O)(c1c[c]cc(C(F)(F)F)c1)N1CCCC1. The van der Waals surface area contributed by atoms with Crippen LogP contribution in [0.1, 0.15) is 18.4 Å². The molecule has 1 aliphatic heterocycles. The average Bonchev–Trinajstić information content (AvgIpc) is 2.82. The molecule has 0 saturated carbocycles. The highest BCUT2D eigenvalue weighted by atomic mass is 32.2. The van der Waals surface area contributed by atoms with E-state index < -0.39 is 21.8 Å². The van der Waals surface area contributed by atoms with Crippen LogP contribution < -0.4 is 0 Å². The molecule has 1 aromatic rings. The van der Waals surface area contributed by atoms with Gasteiger partial charge in [-0.3, -0.25) is 0 Å². The molecule has 3 nitrogen and oxygen atoms in total. The molecule has 7 heteroatoms. The molecule has 1 aliphatic rings. The minimum atomic E-state index is -4.56. The Bertz CT molecular complexity index is 533. The van der Waals surface area contributed by atoms with E-state index in [1.54, 1.807) is 0 Å². The van der Waals surface area contributed by atoms with E-state index in [0.717, 1.165) is 25.0 Å². The van der Waals surface area contributed by atoms with Crippen molar-refractivity contribution in [2.75, 3.05) is 13.1 Å². The summed E-state index contributed by atoms with van der Waals surface area (Å²) in [5, 5.41) is 0. The van der Waals surface area contributed by atoms with Gasteiger partial charge in [-0.25, -0.2) is 8.42 Å². The van der Waals surface area contributed by atoms with Crippen molar-refractivity contribution in [2.24, 2.45) is 0 Å². The number of nitrogens with zero attached hydrogens (tertiary/aromatic N) is 1. The van der Waals surface area contributed by atoms with Crippen molar-refractivity contribution in [1.29, 1.82) is 0 Å². The molecule has 0 amide bonds. The molecule has 99 valence electrons. The second kappa shape index (κ2) is 4.55. The number of benzene rings is 1. The van der Waals surface area contributed by atoms with E-state index in [0.29, 0.717) is 19.2 Å². The summed E-state index contributed by atoms with van der Waals surface area (Å²) >= 11 is 0. The van der Waals surface area contributed by atoms with Crippen LogP contribution in [-0.4, -0.2) is 25.8 Å². The second-order valence-corrected chi connectivity index (χ2v) is 6.00. The Morgan fingerprint density at radius 2 is 1.78 bits per heavy atom. The standard InChI is InChI=1S/C11H11F3NO2S/c12-11(13,14)9-4-3-5-10(8-9)18(16,17)15-6-1-2-7-15/h4-5,8H,1-2,6-7H2. The molecule has 0 unspecified atom stereocenters. The van der Waals surface area contributed by atoms with E-state index in [9.17, 15) is 21.6 Å². The van der Waals surface area contributed by atoms with Crippen molar-refractivity contribution in [2.45, 2.75) is 23.9 Å². The van der Waals surface area contributed by atoms with Gasteiger partial charge in [0, 0.05) is 13.1 Å². The highest BCUT2D eigenvalue weighted by Gasteiger charge is 2.33. The van der Waals surface area contributed by atoms with E-state index >= 15 is 0 Å². The molecule has 1 radical (unpaired) electrons. The van der Waals surface area contributed by atoms with Gasteiger partial charge in [-0.15, -0.1) is 0 Å². The predicted octanol–water partition coefficient (Wildman–Crippen LogP) is 2.29. The fourth-order valence-corrected chi connectivity index (χ4v) is 3.37. The molecular formula is C11H11F3NO2S. The third kappa shape index (κ3) is 2.51. The van der Waals surface area contributed by atoms with Gasteiger partial charge in [-0.1, -0.05) is 0 Å². The van der Waals surface area contributed by atoms with Crippen LogP contribution in [0.2, 0.25) is 0 Å². The Hall–Kier alpha value is -1.08. The highest BCUT2D eigenvalue weighted by molar-refractivity contribution is 7.89. The van der Waals surface area contributed by atoms with Gasteiger partial charge in [0.05, 0.1) is 10.5 Å². The zero-order valence-corrected chi connectivity index (χ0v) is 10.2. The first-order chi connectivity index (χ1) is 8.32. The third-order valence-corrected chi connectivity index (χ3v) is 4.67. The van der Waals surface area contributed by atoms with Gasteiger partial charge >= 0.3 is 6.18 Å². The average molecular weight is 278 g/mol. The van der Waals surface area contributed by atoms with E-state index in [2.05, 4.69) is 6.07 Å². The van der Waals surface area contributed by atoms with Crippen molar-refractivity contribution < 1.29 is 21.6 Å². The summed E-state index contributed by atoms with van der Waals surface area (Å²) in [7, 11) is -3.82. The fraction of sp³-hybridized carbons (Fsp3) is 0.455. The molecule has 0 aromatic heterocycles. The Morgan fingerprint density at radius 3 is 2.33 bits per heavy atom. The molecule has 1 heterocycles. The summed E-state index contributed by atoms with van der Waals surface area (Å²) in [6, 6.07) is 4.71. The summed E-state index contributed by atoms with van der Waals surface area (Å²) in [5.74, 6) is 0. The Balaban J connectivity index is 2.39. The van der Waals surface area contributed by atoms with Gasteiger partial charge in [0.1, 0.15) is 0 Å². The molecule has 18 heavy (non-hydrogen) atoms. The summed E-state index contributed by atoms with van der Waals surface area (Å²) in [4.78, 5) is -0.348. The molecule has 0 aliphatic carbocycles. The lowest BCUT2D eigenvalue weighted by atomic mass is 10.2. The van der Waals surface area contributed by atoms with Gasteiger partial charge in [0.2, 0.25) is 10.0 Å². The number of hydrogen-bond acceptors (Lipinski definition) is 2. The van der Waals surface area contributed by atoms with E-state index in [1.807, 2.05) is 0 Å². The third-order valence-electron chi connectivity index (χ3n) is 2.79. The molecule has 0 atom stereocenters. The van der Waals surface area contributed by atoms with Gasteiger partial charge < -0.3 is 0 Å². The highest BCUT2D eigenvalue weighted by Crippen LogP contribution is 2.31. The maximum absolute atomic E-state index is 12.5. The maximum Gasteiger partial charge on any atom is 0.416 e. The first-order valence-corrected chi connectivity index (χ1v) is 6.84. The molecule has 1 fully saturated rings. The summed E-state index contributed by atoms with van der Waals surface area (Å²) in [5.41, 5.74) is -0.997. The van der Waals surface area contributed by atoms with Gasteiger partial charge in [0.25, 0.3) is 0 Å². The summed E-state index contributed by atoms with van der Waals surface area (Å²) in [6.45, 7) is 0.719. The molecule has 0 bridgehead atoms. The van der Waals surface area contributed by atoms with Crippen LogP contribution in [0, 0.1) is 6.07 Å². The number of rotatable bonds is 2. The number of alkyl halides is 3.